The van der Waals surface area contributed by atoms with Crippen LogP contribution in [-0.4, -0.2) is 125 Å². The summed E-state index contributed by atoms with van der Waals surface area (Å²) in [5.74, 6) is -2.39. The summed E-state index contributed by atoms with van der Waals surface area (Å²) >= 11 is 1.58. The first kappa shape index (κ1) is 49.2. The van der Waals surface area contributed by atoms with E-state index < -0.39 is 48.3 Å². The van der Waals surface area contributed by atoms with Crippen LogP contribution in [0.3, 0.4) is 0 Å². The number of fused-ring (bicyclic) bond motifs is 1. The third-order valence-corrected chi connectivity index (χ3v) is 13.4. The summed E-state index contributed by atoms with van der Waals surface area (Å²) in [6.45, 7) is 9.48. The highest BCUT2D eigenvalue weighted by Gasteiger charge is 2.46. The molecule has 2 saturated heterocycles. The van der Waals surface area contributed by atoms with E-state index >= 15 is 0 Å². The number of rotatable bonds is 13. The lowest BCUT2D eigenvalue weighted by Gasteiger charge is -2.35. The number of amides is 5. The van der Waals surface area contributed by atoms with Gasteiger partial charge in [0, 0.05) is 71.3 Å². The smallest absolute Gasteiger partial charge is 0.303 e. The number of benzene rings is 3. The predicted molar refractivity (Wildman–Crippen MR) is 253 cm³/mol. The fourth-order valence-corrected chi connectivity index (χ4v) is 9.82. The van der Waals surface area contributed by atoms with Crippen molar-refractivity contribution in [2.75, 3.05) is 13.1 Å². The molecule has 2 aromatic heterocycles. The quantitative estimate of drug-likeness (QED) is 0.124. The zero-order valence-electron chi connectivity index (χ0n) is 39.0. The second kappa shape index (κ2) is 21.5. The van der Waals surface area contributed by atoms with E-state index in [2.05, 4.69) is 20.7 Å². The van der Waals surface area contributed by atoms with Crippen LogP contribution in [-0.2, 0) is 55.4 Å². The Morgan fingerprint density at radius 2 is 1.35 bits per heavy atom. The fourth-order valence-electron chi connectivity index (χ4n) is 9.01. The molecule has 0 radical (unpaired) electrons. The Morgan fingerprint density at radius 3 is 1.85 bits per heavy atom. The van der Waals surface area contributed by atoms with Crippen LogP contribution in [0.1, 0.15) is 73.3 Å². The van der Waals surface area contributed by atoms with E-state index in [-0.39, 0.29) is 55.5 Å². The number of esters is 1. The maximum Gasteiger partial charge on any atom is 0.303 e. The Bertz CT molecular complexity index is 2630. The monoisotopic (exact) mass is 946 g/mol. The van der Waals surface area contributed by atoms with Crippen LogP contribution in [0.4, 0.5) is 0 Å². The second-order valence-corrected chi connectivity index (χ2v) is 18.6. The van der Waals surface area contributed by atoms with Crippen molar-refractivity contribution in [1.82, 2.24) is 40.1 Å². The van der Waals surface area contributed by atoms with Gasteiger partial charge >= 0.3 is 5.97 Å². The van der Waals surface area contributed by atoms with Crippen molar-refractivity contribution in [2.45, 2.75) is 104 Å². The molecule has 358 valence electrons. The highest BCUT2D eigenvalue weighted by molar-refractivity contribution is 7.13. The number of β-amino-alcohol motifs (C(OH)–C–C–N with tert-alkyl or cyclic N) is 2. The summed E-state index contributed by atoms with van der Waals surface area (Å²) in [4.78, 5) is 86.2. The maximum absolute atomic E-state index is 13.8. The lowest BCUT2D eigenvalue weighted by atomic mass is 10.0. The molecule has 3 aliphatic heterocycles. The van der Waals surface area contributed by atoms with Gasteiger partial charge in [-0.2, -0.15) is 5.10 Å². The number of likely N-dealkylation sites (tertiary alicyclic amines) is 2. The Hall–Kier alpha value is -6.76. The number of aliphatic hydroxyl groups excluding tert-OH is 2. The molecule has 2 fully saturated rings. The number of hydrogen-bond acceptors (Lipinski definition) is 12. The number of nitrogens with one attached hydrogen (secondary N) is 2. The number of nitrogens with zero attached hydrogens (tertiary/aromatic N) is 6. The molecule has 3 aliphatic rings. The van der Waals surface area contributed by atoms with Gasteiger partial charge in [-0.3, -0.25) is 33.4 Å². The molecule has 0 bridgehead atoms. The number of carbonyl (C=O) groups excluding carboxylic acids is 6. The number of hydrogen-bond donors (Lipinski definition) is 4. The molecule has 3 aromatic carbocycles. The molecule has 18 heteroatoms. The fraction of sp³-hybridized carbons (Fsp3) is 0.400. The molecule has 6 atom stereocenters. The molecule has 5 aromatic rings. The van der Waals surface area contributed by atoms with Crippen LogP contribution in [0.25, 0.3) is 21.7 Å². The minimum absolute atomic E-state index is 0.0332. The van der Waals surface area contributed by atoms with Crippen molar-refractivity contribution in [3.8, 4) is 21.7 Å². The maximum atomic E-state index is 13.8. The van der Waals surface area contributed by atoms with Crippen molar-refractivity contribution in [2.24, 2.45) is 13.0 Å². The second-order valence-electron chi connectivity index (χ2n) is 17.8. The van der Waals surface area contributed by atoms with Gasteiger partial charge in [0.1, 0.15) is 18.1 Å². The standard InChI is InChI=1S/C29H33N5O4.C21H25N3O5S/c1-18(2)26(34-16-21-6-4-5-7-23(21)28(34)37)29(38)33-17-22(35)14-25(33)27(36)30-15-19-8-10-20(11-9-19)24-12-13-31-32(24)3;1-12-19(30-11-23-12)16-6-4-15(5-7-16)9-22-20(27)18-8-17(26)10-24(18)21(28)13(2)29-14(3)25/h4-13,18,22,25-26,35H,14-17H2,1-3H3,(H,30,36);4-7,11,13,17-18,26H,8-10H2,1-3H3,(H,22,27)/t22-,25+,26+;13-,17+,18-/m10/s1. The minimum atomic E-state index is -1.01. The Morgan fingerprint density at radius 1 is 0.794 bits per heavy atom. The predicted octanol–water partition coefficient (Wildman–Crippen LogP) is 3.99. The van der Waals surface area contributed by atoms with Gasteiger partial charge in [0.05, 0.1) is 34.0 Å². The third kappa shape index (κ3) is 11.2. The van der Waals surface area contributed by atoms with E-state index in [9.17, 15) is 39.0 Å². The minimum Gasteiger partial charge on any atom is -0.453 e. The summed E-state index contributed by atoms with van der Waals surface area (Å²) in [5.41, 5.74) is 9.21. The summed E-state index contributed by atoms with van der Waals surface area (Å²) in [6, 6.07) is 22.7. The SMILES string of the molecule is CC(=O)O[C@@H](C)C(=O)N1C[C@H](O)C[C@H]1C(=O)NCc1ccc(-c2scnc2C)cc1.CC(C)[C@@H](C(=O)N1C[C@H](O)C[C@H]1C(=O)NCc1ccc(-c2ccnn2C)cc1)N1Cc2ccccc2C1=O. The lowest BCUT2D eigenvalue weighted by Crippen LogP contribution is -2.55. The molecule has 0 spiro atoms. The largest absolute Gasteiger partial charge is 0.453 e. The summed E-state index contributed by atoms with van der Waals surface area (Å²) in [6.07, 6.45) is -0.548. The van der Waals surface area contributed by atoms with Crippen LogP contribution in [0, 0.1) is 12.8 Å². The summed E-state index contributed by atoms with van der Waals surface area (Å²) in [7, 11) is 1.88. The van der Waals surface area contributed by atoms with Crippen molar-refractivity contribution >= 4 is 46.8 Å². The van der Waals surface area contributed by atoms with Gasteiger partial charge in [-0.05, 0) is 59.7 Å². The first-order chi connectivity index (χ1) is 32.5. The van der Waals surface area contributed by atoms with Crippen LogP contribution in [0.15, 0.2) is 90.6 Å². The van der Waals surface area contributed by atoms with Crippen LogP contribution >= 0.6 is 11.3 Å². The van der Waals surface area contributed by atoms with Crippen molar-refractivity contribution in [3.05, 3.63) is 119 Å². The molecule has 17 nitrogen and oxygen atoms in total. The molecule has 5 heterocycles. The molecule has 68 heavy (non-hydrogen) atoms. The van der Waals surface area contributed by atoms with E-state index in [4.69, 9.17) is 4.74 Å². The average Bonchev–Trinajstić information content (AvgIpc) is 4.17. The highest BCUT2D eigenvalue weighted by atomic mass is 32.1. The average molecular weight is 947 g/mol. The molecule has 0 saturated carbocycles. The first-order valence-electron chi connectivity index (χ1n) is 22.7. The Balaban J connectivity index is 0.000000207. The van der Waals surface area contributed by atoms with E-state index in [0.717, 1.165) is 44.1 Å². The van der Waals surface area contributed by atoms with Gasteiger partial charge in [-0.25, -0.2) is 4.98 Å². The van der Waals surface area contributed by atoms with Crippen molar-refractivity contribution in [3.63, 3.8) is 0 Å². The summed E-state index contributed by atoms with van der Waals surface area (Å²) in [5, 5.41) is 30.3. The van der Waals surface area contributed by atoms with E-state index in [1.54, 1.807) is 33.2 Å². The van der Waals surface area contributed by atoms with Crippen LogP contribution in [0.5, 0.6) is 0 Å². The molecular weight excluding hydrogens is 889 g/mol. The van der Waals surface area contributed by atoms with Crippen molar-refractivity contribution < 1.29 is 43.7 Å². The molecular formula is C50H58N8O9S. The Labute approximate surface area is 399 Å². The normalized spacial score (nSPS) is 19.5. The zero-order valence-corrected chi connectivity index (χ0v) is 39.8. The number of aromatic nitrogens is 3. The molecule has 4 N–H and O–H groups in total. The molecule has 0 unspecified atom stereocenters. The zero-order chi connectivity index (χ0) is 48.8. The van der Waals surface area contributed by atoms with Gasteiger partial charge < -0.3 is 40.3 Å². The van der Waals surface area contributed by atoms with Gasteiger partial charge in [0.2, 0.25) is 17.7 Å². The number of aryl methyl sites for hydroxylation is 2. The number of carbonyl (C=O) groups is 6. The van der Waals surface area contributed by atoms with Gasteiger partial charge in [-0.15, -0.1) is 11.3 Å². The number of ether oxygens (including phenoxy) is 1. The highest BCUT2D eigenvalue weighted by Crippen LogP contribution is 2.31. The van der Waals surface area contributed by atoms with Crippen molar-refractivity contribution in [1.29, 1.82) is 0 Å². The number of thiazole rings is 1. The van der Waals surface area contributed by atoms with E-state index in [0.29, 0.717) is 25.2 Å². The van der Waals surface area contributed by atoms with E-state index in [1.807, 2.05) is 106 Å². The lowest BCUT2D eigenvalue weighted by molar-refractivity contribution is -0.158. The van der Waals surface area contributed by atoms with Gasteiger partial charge in [0.15, 0.2) is 6.10 Å². The third-order valence-electron chi connectivity index (χ3n) is 12.5. The summed E-state index contributed by atoms with van der Waals surface area (Å²) < 4.78 is 6.72. The van der Waals surface area contributed by atoms with Gasteiger partial charge in [0.25, 0.3) is 11.8 Å². The molecule has 0 aliphatic carbocycles. The Kier molecular flexibility index (Phi) is 15.5. The number of aliphatic hydroxyl groups is 2. The topological polar surface area (TPSA) is 217 Å². The first-order valence-corrected chi connectivity index (χ1v) is 23.5. The molecule has 8 rings (SSSR count). The molecule has 5 amide bonds. The van der Waals surface area contributed by atoms with E-state index in [1.165, 1.54) is 23.6 Å². The van der Waals surface area contributed by atoms with Crippen LogP contribution < -0.4 is 10.6 Å². The van der Waals surface area contributed by atoms with Gasteiger partial charge in [-0.1, -0.05) is 80.6 Å². The van der Waals surface area contributed by atoms with Crippen LogP contribution in [0.2, 0.25) is 0 Å².